The molecule has 1 aromatic heterocycles. The van der Waals surface area contributed by atoms with E-state index in [1.165, 1.54) is 0 Å². The minimum absolute atomic E-state index is 0. The summed E-state index contributed by atoms with van der Waals surface area (Å²) in [6.07, 6.45) is 1.94. The maximum absolute atomic E-state index is 12.4. The van der Waals surface area contributed by atoms with Crippen molar-refractivity contribution in [2.45, 2.75) is 13.5 Å². The first kappa shape index (κ1) is 17.1. The van der Waals surface area contributed by atoms with Crippen molar-refractivity contribution >= 4 is 5.78 Å². The number of aromatic nitrogens is 1. The Morgan fingerprint density at radius 1 is 0.826 bits per heavy atom. The minimum Gasteiger partial charge on any atom is -1.00 e. The van der Waals surface area contributed by atoms with Crippen molar-refractivity contribution in [3.8, 4) is 11.1 Å². The van der Waals surface area contributed by atoms with Crippen LogP contribution < -0.4 is 21.5 Å². The van der Waals surface area contributed by atoms with Gasteiger partial charge >= 0.3 is 0 Å². The average Bonchev–Trinajstić information content (AvgIpc) is 2.58. The molecule has 0 atom stereocenters. The summed E-state index contributed by atoms with van der Waals surface area (Å²) in [4.78, 5) is 12.4. The summed E-state index contributed by atoms with van der Waals surface area (Å²) in [6.45, 7) is 2.38. The van der Waals surface area contributed by atoms with Gasteiger partial charge in [-0.25, -0.2) is 0 Å². The van der Waals surface area contributed by atoms with E-state index in [0.717, 1.165) is 22.4 Å². The second kappa shape index (κ2) is 7.84. The molecular formula is C20H18BrNO. The summed E-state index contributed by atoms with van der Waals surface area (Å²) in [7, 11) is 0. The van der Waals surface area contributed by atoms with Gasteiger partial charge in [0.2, 0.25) is 12.3 Å². The molecule has 0 N–H and O–H groups in total. The van der Waals surface area contributed by atoms with Crippen LogP contribution in [0.4, 0.5) is 0 Å². The normalized spacial score (nSPS) is 9.96. The van der Waals surface area contributed by atoms with E-state index in [1.807, 2.05) is 78.4 Å². The predicted octanol–water partition coefficient (Wildman–Crippen LogP) is 0.836. The van der Waals surface area contributed by atoms with E-state index in [4.69, 9.17) is 0 Å². The molecular weight excluding hydrogens is 350 g/mol. The van der Waals surface area contributed by atoms with Crippen molar-refractivity contribution in [1.82, 2.24) is 0 Å². The molecule has 3 aromatic rings. The lowest BCUT2D eigenvalue weighted by Gasteiger charge is -2.04. The Morgan fingerprint density at radius 3 is 2.09 bits per heavy atom. The number of nitrogens with zero attached hydrogens (tertiary/aromatic N) is 1. The molecule has 116 valence electrons. The Balaban J connectivity index is 0.00000192. The van der Waals surface area contributed by atoms with Crippen LogP contribution in [0.2, 0.25) is 0 Å². The molecule has 0 aliphatic carbocycles. The molecule has 0 saturated heterocycles. The summed E-state index contributed by atoms with van der Waals surface area (Å²) >= 11 is 0. The van der Waals surface area contributed by atoms with Crippen LogP contribution in [0.3, 0.4) is 0 Å². The molecule has 3 rings (SSSR count). The van der Waals surface area contributed by atoms with Crippen LogP contribution in [0.5, 0.6) is 0 Å². The number of hydrogen-bond acceptors (Lipinski definition) is 1. The first-order chi connectivity index (χ1) is 10.7. The molecule has 0 bridgehead atoms. The number of Topliss-reactive ketones (excluding diaryl/α,β-unsaturated/α-hetero) is 1. The Labute approximate surface area is 147 Å². The molecule has 0 fully saturated rings. The first-order valence-electron chi connectivity index (χ1n) is 7.38. The molecule has 0 unspecified atom stereocenters. The number of hydrogen-bond donors (Lipinski definition) is 0. The van der Waals surface area contributed by atoms with Gasteiger partial charge in [-0.05, 0) is 11.1 Å². The van der Waals surface area contributed by atoms with Gasteiger partial charge in [0, 0.05) is 24.6 Å². The highest BCUT2D eigenvalue weighted by Gasteiger charge is 2.13. The monoisotopic (exact) mass is 367 g/mol. The van der Waals surface area contributed by atoms with E-state index in [-0.39, 0.29) is 22.8 Å². The lowest BCUT2D eigenvalue weighted by atomic mass is 10.0. The van der Waals surface area contributed by atoms with Crippen molar-refractivity contribution in [2.24, 2.45) is 0 Å². The van der Waals surface area contributed by atoms with Crippen LogP contribution >= 0.6 is 0 Å². The Kier molecular flexibility index (Phi) is 5.83. The Hall–Kier alpha value is -2.26. The van der Waals surface area contributed by atoms with Gasteiger partial charge in [-0.2, -0.15) is 4.57 Å². The zero-order valence-electron chi connectivity index (χ0n) is 12.9. The van der Waals surface area contributed by atoms with E-state index >= 15 is 0 Å². The van der Waals surface area contributed by atoms with Gasteiger partial charge < -0.3 is 17.0 Å². The van der Waals surface area contributed by atoms with E-state index in [1.54, 1.807) is 0 Å². The van der Waals surface area contributed by atoms with Gasteiger partial charge in [-0.1, -0.05) is 60.7 Å². The van der Waals surface area contributed by atoms with E-state index in [0.29, 0.717) is 6.54 Å². The fourth-order valence-electron chi connectivity index (χ4n) is 2.46. The second-order valence-electron chi connectivity index (χ2n) is 5.34. The zero-order valence-corrected chi connectivity index (χ0v) is 14.5. The van der Waals surface area contributed by atoms with E-state index in [2.05, 4.69) is 12.1 Å². The van der Waals surface area contributed by atoms with Crippen LogP contribution in [-0.4, -0.2) is 5.78 Å². The fourth-order valence-corrected chi connectivity index (χ4v) is 2.46. The highest BCUT2D eigenvalue weighted by atomic mass is 79.9. The lowest BCUT2D eigenvalue weighted by molar-refractivity contribution is -0.689. The quantitative estimate of drug-likeness (QED) is 0.494. The van der Waals surface area contributed by atoms with Gasteiger partial charge in [0.25, 0.3) is 0 Å². The summed E-state index contributed by atoms with van der Waals surface area (Å²) < 4.78 is 1.97. The molecule has 3 heteroatoms. The van der Waals surface area contributed by atoms with Crippen LogP contribution in [0.1, 0.15) is 16.1 Å². The molecule has 0 saturated carbocycles. The minimum atomic E-state index is 0. The van der Waals surface area contributed by atoms with Crippen LogP contribution in [0.25, 0.3) is 11.1 Å². The molecule has 0 aliphatic heterocycles. The van der Waals surface area contributed by atoms with Crippen LogP contribution in [-0.2, 0) is 6.54 Å². The number of pyridine rings is 1. The van der Waals surface area contributed by atoms with Crippen molar-refractivity contribution in [3.05, 3.63) is 90.3 Å². The molecule has 0 amide bonds. The molecule has 2 aromatic carbocycles. The highest BCUT2D eigenvalue weighted by molar-refractivity contribution is 5.95. The third-order valence-electron chi connectivity index (χ3n) is 3.80. The zero-order chi connectivity index (χ0) is 15.4. The highest BCUT2D eigenvalue weighted by Crippen LogP contribution is 2.19. The maximum Gasteiger partial charge on any atom is 0.227 e. The van der Waals surface area contributed by atoms with Crippen LogP contribution in [0, 0.1) is 6.92 Å². The van der Waals surface area contributed by atoms with Crippen molar-refractivity contribution in [1.29, 1.82) is 0 Å². The molecule has 0 radical (unpaired) electrons. The molecule has 23 heavy (non-hydrogen) atoms. The van der Waals surface area contributed by atoms with Crippen molar-refractivity contribution in [3.63, 3.8) is 0 Å². The van der Waals surface area contributed by atoms with Crippen molar-refractivity contribution < 1.29 is 26.3 Å². The third kappa shape index (κ3) is 4.14. The summed E-state index contributed by atoms with van der Waals surface area (Å²) in [5.41, 5.74) is 4.11. The standard InChI is InChI=1S/C20H18NO.BrH/c1-16-7-5-6-14-21(16)15-20(22)19-12-10-18(11-13-19)17-8-3-2-4-9-17;/h2-14H,15H2,1H3;1H/q+1;/p-1. The summed E-state index contributed by atoms with van der Waals surface area (Å²) in [5, 5.41) is 0. The van der Waals surface area contributed by atoms with E-state index in [9.17, 15) is 4.79 Å². The number of halogens is 1. The van der Waals surface area contributed by atoms with Gasteiger partial charge in [0.05, 0.1) is 0 Å². The number of carbonyl (C=O) groups is 1. The number of carbonyl (C=O) groups excluding carboxylic acids is 1. The maximum atomic E-state index is 12.4. The summed E-state index contributed by atoms with van der Waals surface area (Å²) in [5.74, 6) is 0.124. The lowest BCUT2D eigenvalue weighted by Crippen LogP contribution is -3.00. The third-order valence-corrected chi connectivity index (χ3v) is 3.80. The molecule has 0 spiro atoms. The Bertz CT molecular complexity index is 782. The Morgan fingerprint density at radius 2 is 1.43 bits per heavy atom. The topological polar surface area (TPSA) is 20.9 Å². The number of rotatable bonds is 4. The second-order valence-corrected chi connectivity index (χ2v) is 5.34. The average molecular weight is 368 g/mol. The summed E-state index contributed by atoms with van der Waals surface area (Å²) in [6, 6.07) is 23.9. The predicted molar refractivity (Wildman–Crippen MR) is 87.6 cm³/mol. The van der Waals surface area contributed by atoms with Gasteiger partial charge in [-0.15, -0.1) is 0 Å². The van der Waals surface area contributed by atoms with Gasteiger partial charge in [-0.3, -0.25) is 4.79 Å². The van der Waals surface area contributed by atoms with Gasteiger partial charge in [0.15, 0.2) is 11.9 Å². The SMILES string of the molecule is Cc1cccc[n+]1CC(=O)c1ccc(-c2ccccc2)cc1.[Br-]. The van der Waals surface area contributed by atoms with Crippen molar-refractivity contribution in [2.75, 3.05) is 0 Å². The number of ketones is 1. The van der Waals surface area contributed by atoms with Gasteiger partial charge in [0.1, 0.15) is 0 Å². The number of aryl methyl sites for hydroxylation is 1. The number of benzene rings is 2. The molecule has 0 aliphatic rings. The smallest absolute Gasteiger partial charge is 0.227 e. The molecule has 2 nitrogen and oxygen atoms in total. The molecule has 1 heterocycles. The first-order valence-corrected chi connectivity index (χ1v) is 7.38. The largest absolute Gasteiger partial charge is 1.00 e. The van der Waals surface area contributed by atoms with Crippen LogP contribution in [0.15, 0.2) is 79.0 Å². The fraction of sp³-hybridized carbons (Fsp3) is 0.100. The van der Waals surface area contributed by atoms with E-state index < -0.39 is 0 Å².